The molecule has 0 radical (unpaired) electrons. The van der Waals surface area contributed by atoms with Gasteiger partial charge in [-0.15, -0.1) is 0 Å². The lowest BCUT2D eigenvalue weighted by Gasteiger charge is -2.50. The molecule has 18 unspecified atom stereocenters. The molecule has 0 amide bonds. The molecular weight excluding hydrogens is 520 g/mol. The van der Waals surface area contributed by atoms with Crippen molar-refractivity contribution >= 4 is 0 Å². The number of nitrogens with one attached hydrogen (secondary N) is 8. The quantitative estimate of drug-likeness (QED) is 0.223. The zero-order valence-electron chi connectivity index (χ0n) is 25.7. The van der Waals surface area contributed by atoms with Gasteiger partial charge in [-0.1, -0.05) is 38.5 Å². The van der Waals surface area contributed by atoms with E-state index in [0.717, 1.165) is 59.2 Å². The van der Waals surface area contributed by atoms with Crippen LogP contribution in [0.4, 0.5) is 0 Å². The monoisotopic (exact) mass is 578 g/mol. The fourth-order valence-corrected chi connectivity index (χ4v) is 13.2. The van der Waals surface area contributed by atoms with E-state index in [1.54, 1.807) is 0 Å². The third-order valence-electron chi connectivity index (χ3n) is 15.2. The lowest BCUT2D eigenvalue weighted by molar-refractivity contribution is 0.00388. The van der Waals surface area contributed by atoms with Gasteiger partial charge in [-0.2, -0.15) is 0 Å². The molecular formula is C34H58N8. The van der Waals surface area contributed by atoms with Crippen LogP contribution in [0.25, 0.3) is 0 Å². The summed E-state index contributed by atoms with van der Waals surface area (Å²) in [4.78, 5) is 0. The maximum absolute atomic E-state index is 4.35. The van der Waals surface area contributed by atoms with E-state index in [0.29, 0.717) is 49.3 Å². The lowest BCUT2D eigenvalue weighted by Crippen LogP contribution is -2.62. The van der Waals surface area contributed by atoms with E-state index in [4.69, 9.17) is 0 Å². The van der Waals surface area contributed by atoms with Gasteiger partial charge in [-0.3, -0.25) is 42.5 Å². The van der Waals surface area contributed by atoms with Crippen molar-refractivity contribution in [1.82, 2.24) is 42.5 Å². The summed E-state index contributed by atoms with van der Waals surface area (Å²) in [6.07, 6.45) is 25.9. The fraction of sp³-hybridized carbons (Fsp3) is 1.00. The Labute approximate surface area is 253 Å². The molecule has 5 saturated carbocycles. The Morgan fingerprint density at radius 1 is 0.238 bits per heavy atom. The Bertz CT molecular complexity index is 1010. The van der Waals surface area contributed by atoms with Crippen LogP contribution in [0.3, 0.4) is 0 Å². The summed E-state index contributed by atoms with van der Waals surface area (Å²) >= 11 is 0. The standard InChI is InChI=1S/C34H58N8/c1-2-8-20-19(7-1)27-35-28(20)37-30-23-11-5-6-12-24(23)32(39-30)41-34-26-18-15-13-17(18)14-16-25(26)33(42-34)40-31-22-10-4-3-9-21(22)29(36-27)38-31/h17-42H,1-16H2. The van der Waals surface area contributed by atoms with E-state index in [9.17, 15) is 0 Å². The van der Waals surface area contributed by atoms with Crippen LogP contribution in [-0.4, -0.2) is 49.3 Å². The molecule has 10 rings (SSSR count). The first-order chi connectivity index (χ1) is 20.8. The second kappa shape index (κ2) is 10.6. The van der Waals surface area contributed by atoms with Gasteiger partial charge in [0, 0.05) is 0 Å². The van der Waals surface area contributed by atoms with E-state index in [1.165, 1.54) is 103 Å². The summed E-state index contributed by atoms with van der Waals surface area (Å²) in [5, 5.41) is 34.2. The normalized spacial score (nSPS) is 60.0. The molecule has 8 bridgehead atoms. The molecule has 5 heterocycles. The van der Waals surface area contributed by atoms with Crippen LogP contribution in [0.15, 0.2) is 0 Å². The van der Waals surface area contributed by atoms with Gasteiger partial charge in [-0.05, 0) is 123 Å². The predicted molar refractivity (Wildman–Crippen MR) is 164 cm³/mol. The van der Waals surface area contributed by atoms with E-state index in [2.05, 4.69) is 42.5 Å². The topological polar surface area (TPSA) is 96.2 Å². The minimum atomic E-state index is 0.421. The zero-order valence-corrected chi connectivity index (χ0v) is 25.7. The zero-order chi connectivity index (χ0) is 27.4. The van der Waals surface area contributed by atoms with Crippen molar-refractivity contribution in [2.75, 3.05) is 0 Å². The highest BCUT2D eigenvalue weighted by Gasteiger charge is 2.57. The van der Waals surface area contributed by atoms with Gasteiger partial charge in [0.25, 0.3) is 0 Å². The number of hydrogen-bond acceptors (Lipinski definition) is 8. The maximum Gasteiger partial charge on any atom is 0.0631 e. The minimum absolute atomic E-state index is 0.421. The molecule has 10 fully saturated rings. The first-order valence-corrected chi connectivity index (χ1v) is 18.9. The van der Waals surface area contributed by atoms with Gasteiger partial charge < -0.3 is 0 Å². The Morgan fingerprint density at radius 2 is 0.524 bits per heavy atom. The van der Waals surface area contributed by atoms with Crippen LogP contribution in [-0.2, 0) is 0 Å². The molecule has 18 atom stereocenters. The fourth-order valence-electron chi connectivity index (χ4n) is 13.2. The van der Waals surface area contributed by atoms with Crippen LogP contribution >= 0.6 is 0 Å². The molecule has 5 saturated heterocycles. The number of hydrogen-bond donors (Lipinski definition) is 8. The first kappa shape index (κ1) is 26.9. The molecule has 8 heteroatoms. The minimum Gasteiger partial charge on any atom is -0.286 e. The van der Waals surface area contributed by atoms with Crippen LogP contribution in [0.5, 0.6) is 0 Å². The SMILES string of the molecule is C1CCC2C3NC(NC4NC(NC5NC(NC6NC(N3)C3CCCCC63)C3C6CCC6CCC53)C3CCCCC43)C2C1. The van der Waals surface area contributed by atoms with Crippen molar-refractivity contribution in [3.63, 3.8) is 0 Å². The average Bonchev–Trinajstić information content (AvgIpc) is 3.73. The number of rotatable bonds is 0. The average molecular weight is 579 g/mol. The lowest BCUT2D eigenvalue weighted by atomic mass is 9.57. The first-order valence-electron chi connectivity index (χ1n) is 18.9. The van der Waals surface area contributed by atoms with Crippen LogP contribution < -0.4 is 42.5 Å². The van der Waals surface area contributed by atoms with Crippen LogP contribution in [0, 0.1) is 59.2 Å². The molecule has 0 aromatic heterocycles. The van der Waals surface area contributed by atoms with Crippen LogP contribution in [0.2, 0.25) is 0 Å². The van der Waals surface area contributed by atoms with E-state index < -0.39 is 0 Å². The highest BCUT2D eigenvalue weighted by molar-refractivity contribution is 5.10. The van der Waals surface area contributed by atoms with Crippen molar-refractivity contribution in [2.45, 2.75) is 152 Å². The van der Waals surface area contributed by atoms with Gasteiger partial charge in [0.1, 0.15) is 0 Å². The van der Waals surface area contributed by atoms with Crippen molar-refractivity contribution in [3.8, 4) is 0 Å². The summed E-state index contributed by atoms with van der Waals surface area (Å²) in [6.45, 7) is 0. The summed E-state index contributed by atoms with van der Waals surface area (Å²) in [5.41, 5.74) is 0. The molecule has 0 spiro atoms. The molecule has 8 N–H and O–H groups in total. The highest BCUT2D eigenvalue weighted by Crippen LogP contribution is 2.54. The highest BCUT2D eigenvalue weighted by atomic mass is 15.4. The molecule has 5 aliphatic heterocycles. The van der Waals surface area contributed by atoms with Crippen molar-refractivity contribution in [3.05, 3.63) is 0 Å². The molecule has 234 valence electrons. The summed E-state index contributed by atoms with van der Waals surface area (Å²) in [6, 6.07) is 0. The summed E-state index contributed by atoms with van der Waals surface area (Å²) < 4.78 is 0. The Balaban J connectivity index is 1.00. The second-order valence-electron chi connectivity index (χ2n) is 16.8. The van der Waals surface area contributed by atoms with E-state index in [-0.39, 0.29) is 0 Å². The van der Waals surface area contributed by atoms with Gasteiger partial charge >= 0.3 is 0 Å². The second-order valence-corrected chi connectivity index (χ2v) is 16.8. The van der Waals surface area contributed by atoms with Gasteiger partial charge in [0.2, 0.25) is 0 Å². The molecule has 0 aromatic carbocycles. The molecule has 5 aliphatic carbocycles. The summed E-state index contributed by atoms with van der Waals surface area (Å²) in [7, 11) is 0. The van der Waals surface area contributed by atoms with Gasteiger partial charge in [0.15, 0.2) is 0 Å². The smallest absolute Gasteiger partial charge is 0.0631 e. The largest absolute Gasteiger partial charge is 0.286 e. The Morgan fingerprint density at radius 3 is 0.857 bits per heavy atom. The Hall–Kier alpha value is -0.320. The third kappa shape index (κ3) is 4.21. The predicted octanol–water partition coefficient (Wildman–Crippen LogP) is 2.85. The van der Waals surface area contributed by atoms with Crippen LogP contribution in [0.1, 0.15) is 103 Å². The van der Waals surface area contributed by atoms with E-state index in [1.807, 2.05) is 0 Å². The van der Waals surface area contributed by atoms with Crippen molar-refractivity contribution < 1.29 is 0 Å². The molecule has 42 heavy (non-hydrogen) atoms. The molecule has 10 aliphatic rings. The molecule has 8 nitrogen and oxygen atoms in total. The van der Waals surface area contributed by atoms with Gasteiger partial charge in [-0.25, -0.2) is 0 Å². The maximum atomic E-state index is 4.35. The van der Waals surface area contributed by atoms with E-state index >= 15 is 0 Å². The van der Waals surface area contributed by atoms with Gasteiger partial charge in [0.05, 0.1) is 49.3 Å². The third-order valence-corrected chi connectivity index (χ3v) is 15.2. The van der Waals surface area contributed by atoms with Crippen molar-refractivity contribution in [1.29, 1.82) is 0 Å². The Kier molecular flexibility index (Phi) is 6.79. The summed E-state index contributed by atoms with van der Waals surface area (Å²) in [5.74, 6) is 7.94. The molecule has 0 aromatic rings. The number of fused-ring (bicyclic) bond motifs is 22. The van der Waals surface area contributed by atoms with Crippen molar-refractivity contribution in [2.24, 2.45) is 59.2 Å².